The van der Waals surface area contributed by atoms with Crippen LogP contribution in [-0.2, 0) is 6.42 Å². The molecule has 0 N–H and O–H groups in total. The molecule has 0 saturated carbocycles. The Morgan fingerprint density at radius 2 is 1.75 bits per heavy atom. The van der Waals surface area contributed by atoms with Gasteiger partial charge in [-0.1, -0.05) is 35.3 Å². The fourth-order valence-corrected chi connectivity index (χ4v) is 3.25. The van der Waals surface area contributed by atoms with E-state index in [1.165, 1.54) is 0 Å². The zero-order valence-corrected chi connectivity index (χ0v) is 11.4. The molecule has 0 aliphatic heterocycles. The van der Waals surface area contributed by atoms with Gasteiger partial charge in [-0.05, 0) is 35.6 Å². The van der Waals surface area contributed by atoms with Crippen LogP contribution in [0.3, 0.4) is 0 Å². The molecule has 1 heterocycles. The molecule has 0 saturated heterocycles. The van der Waals surface area contributed by atoms with Crippen LogP contribution in [0.1, 0.15) is 15.8 Å². The summed E-state index contributed by atoms with van der Waals surface area (Å²) in [6.07, 6.45) is 0.763. The maximum Gasteiger partial charge on any atom is 0.0733 e. The third-order valence-electron chi connectivity index (χ3n) is 2.26. The lowest BCUT2D eigenvalue weighted by Crippen LogP contribution is -1.93. The summed E-state index contributed by atoms with van der Waals surface area (Å²) in [5.41, 5.74) is 1.16. The highest BCUT2D eigenvalue weighted by Crippen LogP contribution is 2.34. The molecule has 4 heteroatoms. The monoisotopic (exact) mass is 290 g/mol. The molecule has 0 aliphatic rings. The fourth-order valence-electron chi connectivity index (χ4n) is 1.45. The van der Waals surface area contributed by atoms with Gasteiger partial charge in [-0.15, -0.1) is 22.9 Å². The van der Waals surface area contributed by atoms with Crippen molar-refractivity contribution < 1.29 is 0 Å². The van der Waals surface area contributed by atoms with Crippen molar-refractivity contribution in [3.05, 3.63) is 56.2 Å². The van der Waals surface area contributed by atoms with Crippen LogP contribution < -0.4 is 0 Å². The minimum absolute atomic E-state index is 0.0753. The first kappa shape index (κ1) is 12.3. The van der Waals surface area contributed by atoms with Crippen LogP contribution in [0, 0.1) is 0 Å². The van der Waals surface area contributed by atoms with Gasteiger partial charge in [-0.3, -0.25) is 0 Å². The van der Waals surface area contributed by atoms with Gasteiger partial charge in [0.15, 0.2) is 0 Å². The number of hydrogen-bond acceptors (Lipinski definition) is 1. The van der Waals surface area contributed by atoms with Gasteiger partial charge in [0.05, 0.1) is 10.4 Å². The summed E-state index contributed by atoms with van der Waals surface area (Å²) in [5.74, 6) is 0. The fraction of sp³-hybridized carbons (Fsp3) is 0.167. The Morgan fingerprint density at radius 3 is 2.31 bits per heavy atom. The highest BCUT2D eigenvalue weighted by atomic mass is 35.5. The lowest BCUT2D eigenvalue weighted by molar-refractivity contribution is 0.940. The van der Waals surface area contributed by atoms with E-state index in [0.717, 1.165) is 26.9 Å². The Kier molecular flexibility index (Phi) is 4.15. The number of hydrogen-bond donors (Lipinski definition) is 0. The summed E-state index contributed by atoms with van der Waals surface area (Å²) in [6.45, 7) is 0. The van der Waals surface area contributed by atoms with Gasteiger partial charge in [0, 0.05) is 9.90 Å². The molecular weight excluding hydrogens is 283 g/mol. The van der Waals surface area contributed by atoms with Crippen LogP contribution in [0.25, 0.3) is 0 Å². The number of alkyl halides is 1. The van der Waals surface area contributed by atoms with Crippen LogP contribution in [0.15, 0.2) is 35.7 Å². The first-order chi connectivity index (χ1) is 7.66. The predicted molar refractivity (Wildman–Crippen MR) is 73.1 cm³/mol. The molecule has 0 aliphatic carbocycles. The van der Waals surface area contributed by atoms with E-state index in [1.807, 2.05) is 35.7 Å². The molecule has 1 atom stereocenters. The van der Waals surface area contributed by atoms with Gasteiger partial charge in [0.2, 0.25) is 0 Å². The molecule has 2 aromatic rings. The van der Waals surface area contributed by atoms with E-state index in [2.05, 4.69) is 0 Å². The van der Waals surface area contributed by atoms with Crippen LogP contribution >= 0.6 is 46.1 Å². The summed E-state index contributed by atoms with van der Waals surface area (Å²) >= 11 is 19.8. The standard InChI is InChI=1S/C12H9Cl3S/c13-9-3-1-8(2-4-9)7-11(15)12-10(14)5-6-16-12/h1-6,11H,7H2. The summed E-state index contributed by atoms with van der Waals surface area (Å²) < 4.78 is 0. The minimum Gasteiger partial charge on any atom is -0.146 e. The Balaban J connectivity index is 2.10. The van der Waals surface area contributed by atoms with Gasteiger partial charge in [0.1, 0.15) is 0 Å². The molecule has 16 heavy (non-hydrogen) atoms. The highest BCUT2D eigenvalue weighted by molar-refractivity contribution is 7.11. The zero-order chi connectivity index (χ0) is 11.5. The van der Waals surface area contributed by atoms with E-state index in [4.69, 9.17) is 34.8 Å². The Hall–Kier alpha value is -0.210. The van der Waals surface area contributed by atoms with E-state index in [0.29, 0.717) is 0 Å². The number of benzene rings is 1. The third kappa shape index (κ3) is 2.92. The average molecular weight is 292 g/mol. The molecule has 0 bridgehead atoms. The van der Waals surface area contributed by atoms with Crippen molar-refractivity contribution in [2.24, 2.45) is 0 Å². The maximum atomic E-state index is 6.32. The molecule has 0 radical (unpaired) electrons. The van der Waals surface area contributed by atoms with Crippen LogP contribution in [-0.4, -0.2) is 0 Å². The summed E-state index contributed by atoms with van der Waals surface area (Å²) in [4.78, 5) is 1.03. The molecule has 0 spiro atoms. The summed E-state index contributed by atoms with van der Waals surface area (Å²) in [7, 11) is 0. The van der Waals surface area contributed by atoms with Crippen molar-refractivity contribution in [3.8, 4) is 0 Å². The van der Waals surface area contributed by atoms with Crippen molar-refractivity contribution in [3.63, 3.8) is 0 Å². The number of thiophene rings is 1. The molecule has 1 unspecified atom stereocenters. The lowest BCUT2D eigenvalue weighted by atomic mass is 10.1. The molecular formula is C12H9Cl3S. The minimum atomic E-state index is -0.0753. The quantitative estimate of drug-likeness (QED) is 0.648. The second-order valence-corrected chi connectivity index (χ2v) is 5.75. The van der Waals surface area contributed by atoms with Gasteiger partial charge in [-0.2, -0.15) is 0 Å². The Bertz CT molecular complexity index is 461. The highest BCUT2D eigenvalue weighted by Gasteiger charge is 2.13. The summed E-state index contributed by atoms with van der Waals surface area (Å²) in [6, 6.07) is 9.59. The summed E-state index contributed by atoms with van der Waals surface area (Å²) in [5, 5.41) is 3.37. The lowest BCUT2D eigenvalue weighted by Gasteiger charge is -2.08. The van der Waals surface area contributed by atoms with Gasteiger partial charge in [0.25, 0.3) is 0 Å². The largest absolute Gasteiger partial charge is 0.146 e. The van der Waals surface area contributed by atoms with Crippen LogP contribution in [0.2, 0.25) is 10.0 Å². The predicted octanol–water partition coefficient (Wildman–Crippen LogP) is 5.58. The van der Waals surface area contributed by atoms with Crippen LogP contribution in [0.5, 0.6) is 0 Å². The molecule has 1 aromatic heterocycles. The third-order valence-corrected chi connectivity index (χ3v) is 4.48. The average Bonchev–Trinajstić information content (AvgIpc) is 2.68. The first-order valence-electron chi connectivity index (χ1n) is 4.78. The Labute approximate surface area is 114 Å². The zero-order valence-electron chi connectivity index (χ0n) is 8.29. The van der Waals surface area contributed by atoms with Crippen molar-refractivity contribution >= 4 is 46.1 Å². The maximum absolute atomic E-state index is 6.32. The van der Waals surface area contributed by atoms with E-state index < -0.39 is 0 Å². The topological polar surface area (TPSA) is 0 Å². The molecule has 2 rings (SSSR count). The van der Waals surface area contributed by atoms with Crippen LogP contribution in [0.4, 0.5) is 0 Å². The molecule has 84 valence electrons. The SMILES string of the molecule is Clc1ccc(CC(Cl)c2sccc2Cl)cc1. The van der Waals surface area contributed by atoms with Crippen molar-refractivity contribution in [2.75, 3.05) is 0 Å². The van der Waals surface area contributed by atoms with E-state index >= 15 is 0 Å². The molecule has 1 aromatic carbocycles. The second-order valence-electron chi connectivity index (χ2n) is 3.43. The van der Waals surface area contributed by atoms with E-state index in [1.54, 1.807) is 11.3 Å². The van der Waals surface area contributed by atoms with Crippen molar-refractivity contribution in [1.82, 2.24) is 0 Å². The van der Waals surface area contributed by atoms with E-state index in [-0.39, 0.29) is 5.38 Å². The smallest absolute Gasteiger partial charge is 0.0733 e. The molecule has 0 amide bonds. The van der Waals surface area contributed by atoms with Crippen molar-refractivity contribution in [2.45, 2.75) is 11.8 Å². The Morgan fingerprint density at radius 1 is 1.06 bits per heavy atom. The number of halogens is 3. The molecule has 0 nitrogen and oxygen atoms in total. The van der Waals surface area contributed by atoms with E-state index in [9.17, 15) is 0 Å². The van der Waals surface area contributed by atoms with Gasteiger partial charge in [-0.25, -0.2) is 0 Å². The normalized spacial score (nSPS) is 12.7. The van der Waals surface area contributed by atoms with Crippen molar-refractivity contribution in [1.29, 1.82) is 0 Å². The first-order valence-corrected chi connectivity index (χ1v) is 6.85. The van der Waals surface area contributed by atoms with Gasteiger partial charge < -0.3 is 0 Å². The molecule has 0 fully saturated rings. The number of rotatable bonds is 3. The van der Waals surface area contributed by atoms with Gasteiger partial charge >= 0.3 is 0 Å². The second kappa shape index (κ2) is 5.42.